The van der Waals surface area contributed by atoms with Gasteiger partial charge in [-0.3, -0.25) is 0 Å². The third-order valence-electron chi connectivity index (χ3n) is 4.20. The molecule has 0 saturated carbocycles. The topological polar surface area (TPSA) is 61.3 Å². The minimum Gasteiger partial charge on any atom is -0.494 e. The van der Waals surface area contributed by atoms with Crippen LogP contribution >= 0.6 is 11.5 Å². The molecule has 0 fully saturated rings. The van der Waals surface area contributed by atoms with Crippen LogP contribution in [0.4, 0.5) is 0 Å². The Morgan fingerprint density at radius 2 is 1.70 bits per heavy atom. The van der Waals surface area contributed by atoms with Gasteiger partial charge in [-0.25, -0.2) is 4.79 Å². The largest absolute Gasteiger partial charge is 0.494 e. The number of nitrogens with zero attached hydrogens (tertiary/aromatic N) is 2. The van der Waals surface area contributed by atoms with Gasteiger partial charge in [-0.2, -0.15) is 0 Å². The summed E-state index contributed by atoms with van der Waals surface area (Å²) in [5.74, 6) is 0.518. The number of rotatable bonds is 8. The predicted molar refractivity (Wildman–Crippen MR) is 107 cm³/mol. The lowest BCUT2D eigenvalue weighted by Crippen LogP contribution is -2.00. The second-order valence-electron chi connectivity index (χ2n) is 6.10. The molecule has 0 N–H and O–H groups in total. The van der Waals surface area contributed by atoms with Crippen molar-refractivity contribution in [1.29, 1.82) is 0 Å². The Labute approximate surface area is 163 Å². The van der Waals surface area contributed by atoms with Crippen molar-refractivity contribution in [3.05, 3.63) is 54.1 Å². The highest BCUT2D eigenvalue weighted by atomic mass is 32.1. The van der Waals surface area contributed by atoms with Gasteiger partial charge in [0.25, 0.3) is 0 Å². The average Bonchev–Trinajstić information content (AvgIpc) is 3.21. The first-order chi connectivity index (χ1) is 13.2. The Morgan fingerprint density at radius 1 is 1.00 bits per heavy atom. The van der Waals surface area contributed by atoms with E-state index in [0.717, 1.165) is 40.5 Å². The summed E-state index contributed by atoms with van der Waals surface area (Å²) in [4.78, 5) is 12.6. The summed E-state index contributed by atoms with van der Waals surface area (Å²) < 4.78 is 14.6. The Morgan fingerprint density at radius 3 is 2.37 bits per heavy atom. The SMILES string of the molecule is CCCCCOc1ccc(-c2snnc2-c2ccc(C(=O)OC)cc2)cc1. The maximum Gasteiger partial charge on any atom is 0.337 e. The van der Waals surface area contributed by atoms with Gasteiger partial charge in [-0.15, -0.1) is 5.10 Å². The molecular formula is C21H22N2O3S. The molecule has 3 rings (SSSR count). The van der Waals surface area contributed by atoms with Crippen molar-refractivity contribution in [1.82, 2.24) is 9.59 Å². The number of ether oxygens (including phenoxy) is 2. The van der Waals surface area contributed by atoms with Crippen LogP contribution in [0.5, 0.6) is 5.75 Å². The van der Waals surface area contributed by atoms with E-state index in [4.69, 9.17) is 9.47 Å². The monoisotopic (exact) mass is 382 g/mol. The van der Waals surface area contributed by atoms with E-state index in [9.17, 15) is 4.79 Å². The number of unbranched alkanes of at least 4 members (excludes halogenated alkanes) is 2. The molecule has 6 heteroatoms. The van der Waals surface area contributed by atoms with E-state index in [0.29, 0.717) is 5.56 Å². The van der Waals surface area contributed by atoms with Gasteiger partial charge in [0.15, 0.2) is 0 Å². The molecule has 5 nitrogen and oxygen atoms in total. The summed E-state index contributed by atoms with van der Waals surface area (Å²) in [5.41, 5.74) is 3.26. The fraction of sp³-hybridized carbons (Fsp3) is 0.286. The number of aromatic nitrogens is 2. The van der Waals surface area contributed by atoms with Gasteiger partial charge in [0.2, 0.25) is 0 Å². The first-order valence-corrected chi connectivity index (χ1v) is 9.74. The molecule has 0 aliphatic carbocycles. The number of carbonyl (C=O) groups is 1. The molecular weight excluding hydrogens is 360 g/mol. The molecule has 2 aromatic carbocycles. The summed E-state index contributed by atoms with van der Waals surface area (Å²) >= 11 is 1.35. The van der Waals surface area contributed by atoms with Crippen molar-refractivity contribution in [2.45, 2.75) is 26.2 Å². The van der Waals surface area contributed by atoms with Crippen molar-refractivity contribution in [2.24, 2.45) is 0 Å². The summed E-state index contributed by atoms with van der Waals surface area (Å²) in [6, 6.07) is 15.2. The molecule has 0 bridgehead atoms. The maximum atomic E-state index is 11.6. The zero-order valence-corrected chi connectivity index (χ0v) is 16.3. The third kappa shape index (κ3) is 4.71. The lowest BCUT2D eigenvalue weighted by Gasteiger charge is -2.07. The van der Waals surface area contributed by atoms with Gasteiger partial charge in [0.1, 0.15) is 11.4 Å². The molecule has 0 amide bonds. The quantitative estimate of drug-likeness (QED) is 0.394. The first kappa shape index (κ1) is 19.0. The smallest absolute Gasteiger partial charge is 0.337 e. The van der Waals surface area contributed by atoms with Crippen LogP contribution < -0.4 is 4.74 Å². The molecule has 27 heavy (non-hydrogen) atoms. The molecule has 1 aromatic heterocycles. The molecule has 1 heterocycles. The van der Waals surface area contributed by atoms with E-state index in [1.54, 1.807) is 12.1 Å². The minimum atomic E-state index is -0.354. The van der Waals surface area contributed by atoms with Crippen LogP contribution in [-0.2, 0) is 4.74 Å². The van der Waals surface area contributed by atoms with Crippen molar-refractivity contribution in [2.75, 3.05) is 13.7 Å². The fourth-order valence-electron chi connectivity index (χ4n) is 2.70. The van der Waals surface area contributed by atoms with E-state index in [1.165, 1.54) is 31.5 Å². The number of methoxy groups -OCH3 is 1. The second-order valence-corrected chi connectivity index (χ2v) is 6.85. The van der Waals surface area contributed by atoms with Crippen molar-refractivity contribution in [3.8, 4) is 27.4 Å². The van der Waals surface area contributed by atoms with Crippen molar-refractivity contribution >= 4 is 17.5 Å². The first-order valence-electron chi connectivity index (χ1n) is 8.97. The second kappa shape index (κ2) is 9.28. The molecule has 140 valence electrons. The van der Waals surface area contributed by atoms with Crippen LogP contribution in [0.3, 0.4) is 0 Å². The van der Waals surface area contributed by atoms with Crippen molar-refractivity contribution in [3.63, 3.8) is 0 Å². The molecule has 0 radical (unpaired) electrons. The van der Waals surface area contributed by atoms with Crippen LogP contribution in [0.1, 0.15) is 36.5 Å². The minimum absolute atomic E-state index is 0.354. The summed E-state index contributed by atoms with van der Waals surface area (Å²) in [6.07, 6.45) is 3.44. The molecule has 0 unspecified atom stereocenters. The van der Waals surface area contributed by atoms with E-state index < -0.39 is 0 Å². The lowest BCUT2D eigenvalue weighted by atomic mass is 10.1. The van der Waals surface area contributed by atoms with Crippen LogP contribution in [0, 0.1) is 0 Å². The Balaban J connectivity index is 1.75. The highest BCUT2D eigenvalue weighted by Crippen LogP contribution is 2.34. The Bertz CT molecular complexity index is 873. The number of esters is 1. The number of carbonyl (C=O) groups excluding carboxylic acids is 1. The number of hydrogen-bond donors (Lipinski definition) is 0. The Kier molecular flexibility index (Phi) is 6.54. The van der Waals surface area contributed by atoms with E-state index in [2.05, 4.69) is 16.5 Å². The zero-order chi connectivity index (χ0) is 19.1. The van der Waals surface area contributed by atoms with E-state index in [1.807, 2.05) is 36.4 Å². The molecule has 0 spiro atoms. The van der Waals surface area contributed by atoms with Gasteiger partial charge in [-0.1, -0.05) is 36.4 Å². The van der Waals surface area contributed by atoms with Gasteiger partial charge in [0.05, 0.1) is 24.2 Å². The number of benzene rings is 2. The predicted octanol–water partition coefficient (Wildman–Crippen LogP) is 5.23. The normalized spacial score (nSPS) is 10.6. The highest BCUT2D eigenvalue weighted by Gasteiger charge is 2.14. The molecule has 0 aliphatic rings. The standard InChI is InChI=1S/C21H22N2O3S/c1-3-4-5-14-26-18-12-10-16(11-13-18)20-19(22-23-27-20)15-6-8-17(9-7-15)21(24)25-2/h6-13H,3-5,14H2,1-2H3. The van der Waals surface area contributed by atoms with E-state index in [-0.39, 0.29) is 5.97 Å². The van der Waals surface area contributed by atoms with Crippen LogP contribution in [0.2, 0.25) is 0 Å². The average molecular weight is 382 g/mol. The van der Waals surface area contributed by atoms with Crippen LogP contribution in [0.15, 0.2) is 48.5 Å². The maximum absolute atomic E-state index is 11.6. The molecule has 0 aliphatic heterocycles. The van der Waals surface area contributed by atoms with Gasteiger partial charge in [0, 0.05) is 5.56 Å². The zero-order valence-electron chi connectivity index (χ0n) is 15.5. The van der Waals surface area contributed by atoms with Crippen LogP contribution in [0.25, 0.3) is 21.7 Å². The van der Waals surface area contributed by atoms with Gasteiger partial charge < -0.3 is 9.47 Å². The van der Waals surface area contributed by atoms with Crippen LogP contribution in [-0.4, -0.2) is 29.3 Å². The summed E-state index contributed by atoms with van der Waals surface area (Å²) in [7, 11) is 1.37. The van der Waals surface area contributed by atoms with Gasteiger partial charge >= 0.3 is 5.97 Å². The van der Waals surface area contributed by atoms with E-state index >= 15 is 0 Å². The fourth-order valence-corrected chi connectivity index (χ4v) is 3.39. The Hall–Kier alpha value is -2.73. The van der Waals surface area contributed by atoms with Gasteiger partial charge in [-0.05, 0) is 59.9 Å². The molecule has 0 atom stereocenters. The summed E-state index contributed by atoms with van der Waals surface area (Å²) in [6.45, 7) is 2.92. The van der Waals surface area contributed by atoms with Crippen molar-refractivity contribution < 1.29 is 14.3 Å². The lowest BCUT2D eigenvalue weighted by molar-refractivity contribution is 0.0601. The highest BCUT2D eigenvalue weighted by molar-refractivity contribution is 7.09. The summed E-state index contributed by atoms with van der Waals surface area (Å²) in [5, 5.41) is 4.27. The molecule has 0 saturated heterocycles. The molecule has 3 aromatic rings. The number of hydrogen-bond acceptors (Lipinski definition) is 6. The third-order valence-corrected chi connectivity index (χ3v) is 4.98.